The first-order valence-corrected chi connectivity index (χ1v) is 7.79. The Labute approximate surface area is 123 Å². The van der Waals surface area contributed by atoms with Gasteiger partial charge in [-0.25, -0.2) is 0 Å². The largest absolute Gasteiger partial charge is 0.316 e. The Balaban J connectivity index is 2.10. The number of rotatable bonds is 5. The SMILES string of the molecule is C=C/C(=C\C(=C/C)CC1CCNC1)C1=CC=C(C)CC1. The van der Waals surface area contributed by atoms with E-state index in [1.54, 1.807) is 0 Å². The summed E-state index contributed by atoms with van der Waals surface area (Å²) in [5.41, 5.74) is 5.64. The molecule has 1 aliphatic carbocycles. The van der Waals surface area contributed by atoms with Crippen molar-refractivity contribution in [2.24, 2.45) is 5.92 Å². The van der Waals surface area contributed by atoms with Crippen LogP contribution in [0.5, 0.6) is 0 Å². The average Bonchev–Trinajstić information content (AvgIpc) is 2.97. The molecule has 1 aliphatic heterocycles. The lowest BCUT2D eigenvalue weighted by Crippen LogP contribution is -2.09. The maximum absolute atomic E-state index is 4.01. The molecule has 1 nitrogen and oxygen atoms in total. The Hall–Kier alpha value is -1.34. The van der Waals surface area contributed by atoms with Crippen molar-refractivity contribution in [2.45, 2.75) is 39.5 Å². The van der Waals surface area contributed by atoms with Crippen molar-refractivity contribution < 1.29 is 0 Å². The Bertz CT molecular complexity index is 468. The zero-order valence-electron chi connectivity index (χ0n) is 12.9. The van der Waals surface area contributed by atoms with Gasteiger partial charge in [0.2, 0.25) is 0 Å². The summed E-state index contributed by atoms with van der Waals surface area (Å²) in [5, 5.41) is 3.45. The highest BCUT2D eigenvalue weighted by Crippen LogP contribution is 2.27. The highest BCUT2D eigenvalue weighted by molar-refractivity contribution is 5.46. The van der Waals surface area contributed by atoms with E-state index in [1.165, 1.54) is 54.6 Å². The molecule has 0 aromatic heterocycles. The minimum atomic E-state index is 0.797. The molecule has 2 aliphatic rings. The van der Waals surface area contributed by atoms with Gasteiger partial charge in [-0.05, 0) is 69.7 Å². The second kappa shape index (κ2) is 7.44. The smallest absolute Gasteiger partial charge is 0.00169 e. The van der Waals surface area contributed by atoms with E-state index in [-0.39, 0.29) is 0 Å². The quantitative estimate of drug-likeness (QED) is 0.713. The van der Waals surface area contributed by atoms with Crippen molar-refractivity contribution in [3.05, 3.63) is 59.3 Å². The first-order valence-electron chi connectivity index (χ1n) is 7.79. The van der Waals surface area contributed by atoms with E-state index in [0.29, 0.717) is 0 Å². The summed E-state index contributed by atoms with van der Waals surface area (Å²) in [7, 11) is 0. The molecule has 1 saturated heterocycles. The van der Waals surface area contributed by atoms with Gasteiger partial charge in [0.05, 0.1) is 0 Å². The average molecular weight is 269 g/mol. The van der Waals surface area contributed by atoms with Crippen LogP contribution in [0.15, 0.2) is 59.3 Å². The molecule has 0 aromatic rings. The molecule has 108 valence electrons. The normalized spacial score (nSPS) is 24.4. The Morgan fingerprint density at radius 3 is 2.80 bits per heavy atom. The molecule has 1 atom stereocenters. The zero-order valence-corrected chi connectivity index (χ0v) is 12.9. The lowest BCUT2D eigenvalue weighted by molar-refractivity contribution is 0.582. The van der Waals surface area contributed by atoms with Crippen LogP contribution in [0.25, 0.3) is 0 Å². The van der Waals surface area contributed by atoms with Crippen LogP contribution >= 0.6 is 0 Å². The Morgan fingerprint density at radius 1 is 1.40 bits per heavy atom. The second-order valence-electron chi connectivity index (χ2n) is 5.94. The Kier molecular flexibility index (Phi) is 5.60. The van der Waals surface area contributed by atoms with Crippen LogP contribution in [0.4, 0.5) is 0 Å². The van der Waals surface area contributed by atoms with Crippen LogP contribution in [-0.4, -0.2) is 13.1 Å². The van der Waals surface area contributed by atoms with E-state index in [2.05, 4.69) is 50.0 Å². The van der Waals surface area contributed by atoms with Crippen LogP contribution in [0.2, 0.25) is 0 Å². The van der Waals surface area contributed by atoms with E-state index < -0.39 is 0 Å². The van der Waals surface area contributed by atoms with E-state index >= 15 is 0 Å². The van der Waals surface area contributed by atoms with Crippen molar-refractivity contribution in [3.8, 4) is 0 Å². The van der Waals surface area contributed by atoms with Crippen LogP contribution in [0, 0.1) is 5.92 Å². The molecule has 1 unspecified atom stereocenters. The minimum absolute atomic E-state index is 0.797. The molecule has 1 heterocycles. The van der Waals surface area contributed by atoms with Gasteiger partial charge in [-0.2, -0.15) is 0 Å². The molecule has 1 N–H and O–H groups in total. The molecule has 1 heteroatoms. The number of nitrogens with one attached hydrogen (secondary N) is 1. The third-order valence-corrected chi connectivity index (χ3v) is 4.35. The van der Waals surface area contributed by atoms with Gasteiger partial charge >= 0.3 is 0 Å². The summed E-state index contributed by atoms with van der Waals surface area (Å²) in [4.78, 5) is 0. The van der Waals surface area contributed by atoms with E-state index in [4.69, 9.17) is 0 Å². The molecule has 20 heavy (non-hydrogen) atoms. The molecule has 0 saturated carbocycles. The lowest BCUT2D eigenvalue weighted by Gasteiger charge is -2.15. The number of allylic oxidation sites excluding steroid dienone is 9. The third kappa shape index (κ3) is 4.08. The van der Waals surface area contributed by atoms with Gasteiger partial charge in [0, 0.05) is 0 Å². The molecular formula is C19H27N. The summed E-state index contributed by atoms with van der Waals surface area (Å²) in [6.45, 7) is 10.7. The molecule has 0 aromatic carbocycles. The van der Waals surface area contributed by atoms with Crippen LogP contribution < -0.4 is 5.32 Å². The Morgan fingerprint density at radius 2 is 2.25 bits per heavy atom. The highest BCUT2D eigenvalue weighted by atomic mass is 14.9. The van der Waals surface area contributed by atoms with E-state index in [1.807, 2.05) is 6.08 Å². The summed E-state index contributed by atoms with van der Waals surface area (Å²) >= 11 is 0. The first-order chi connectivity index (χ1) is 9.72. The summed E-state index contributed by atoms with van der Waals surface area (Å²) in [6.07, 6.45) is 15.9. The fourth-order valence-electron chi connectivity index (χ4n) is 2.95. The summed E-state index contributed by atoms with van der Waals surface area (Å²) in [6, 6.07) is 0. The predicted octanol–water partition coefficient (Wildman–Crippen LogP) is 4.71. The molecule has 0 spiro atoms. The van der Waals surface area contributed by atoms with Gasteiger partial charge in [0.15, 0.2) is 0 Å². The zero-order chi connectivity index (χ0) is 14.4. The third-order valence-electron chi connectivity index (χ3n) is 4.35. The molecular weight excluding hydrogens is 242 g/mol. The molecule has 0 radical (unpaired) electrons. The van der Waals surface area contributed by atoms with Gasteiger partial charge in [-0.15, -0.1) is 0 Å². The van der Waals surface area contributed by atoms with Crippen molar-refractivity contribution in [3.63, 3.8) is 0 Å². The van der Waals surface area contributed by atoms with Crippen molar-refractivity contribution in [2.75, 3.05) is 13.1 Å². The highest BCUT2D eigenvalue weighted by Gasteiger charge is 2.15. The predicted molar refractivity (Wildman–Crippen MR) is 88.7 cm³/mol. The minimum Gasteiger partial charge on any atom is -0.316 e. The van der Waals surface area contributed by atoms with E-state index in [9.17, 15) is 0 Å². The summed E-state index contributed by atoms with van der Waals surface area (Å²) in [5.74, 6) is 0.797. The van der Waals surface area contributed by atoms with Crippen LogP contribution in [0.1, 0.15) is 39.5 Å². The van der Waals surface area contributed by atoms with Crippen LogP contribution in [-0.2, 0) is 0 Å². The summed E-state index contributed by atoms with van der Waals surface area (Å²) < 4.78 is 0. The number of hydrogen-bond acceptors (Lipinski definition) is 1. The lowest BCUT2D eigenvalue weighted by atomic mass is 9.90. The maximum atomic E-state index is 4.01. The molecule has 0 amide bonds. The second-order valence-corrected chi connectivity index (χ2v) is 5.94. The van der Waals surface area contributed by atoms with Crippen molar-refractivity contribution >= 4 is 0 Å². The molecule has 1 fully saturated rings. The van der Waals surface area contributed by atoms with Crippen molar-refractivity contribution in [1.29, 1.82) is 0 Å². The topological polar surface area (TPSA) is 12.0 Å². The number of hydrogen-bond donors (Lipinski definition) is 1. The fourth-order valence-corrected chi connectivity index (χ4v) is 2.95. The van der Waals surface area contributed by atoms with Gasteiger partial charge in [0.25, 0.3) is 0 Å². The van der Waals surface area contributed by atoms with Crippen LogP contribution in [0.3, 0.4) is 0 Å². The van der Waals surface area contributed by atoms with Gasteiger partial charge in [0.1, 0.15) is 0 Å². The molecule has 0 bridgehead atoms. The van der Waals surface area contributed by atoms with Crippen molar-refractivity contribution in [1.82, 2.24) is 5.32 Å². The standard InChI is InChI=1S/C19H27N/c1-4-16(12-17-10-11-20-14-17)13-18(5-2)19-8-6-15(3)7-9-19/h4-6,8,13,17,20H,2,7,9-12,14H2,1,3H3/b16-4-,18-13+. The van der Waals surface area contributed by atoms with E-state index in [0.717, 1.165) is 12.3 Å². The monoisotopic (exact) mass is 269 g/mol. The first kappa shape index (κ1) is 15.1. The molecule has 2 rings (SSSR count). The maximum Gasteiger partial charge on any atom is -0.00169 e. The van der Waals surface area contributed by atoms with Gasteiger partial charge in [-0.1, -0.05) is 48.1 Å². The van der Waals surface area contributed by atoms with Gasteiger partial charge in [-0.3, -0.25) is 0 Å². The van der Waals surface area contributed by atoms with Gasteiger partial charge < -0.3 is 5.32 Å². The fraction of sp³-hybridized carbons (Fsp3) is 0.474.